The van der Waals surface area contributed by atoms with Crippen molar-refractivity contribution < 1.29 is 22.7 Å². The second-order valence-corrected chi connectivity index (χ2v) is 6.10. The first-order chi connectivity index (χ1) is 11.3. The average molecular weight is 360 g/mol. The number of morpholine rings is 1. The van der Waals surface area contributed by atoms with E-state index in [-0.39, 0.29) is 34.8 Å². The molecule has 0 aromatic carbocycles. The predicted molar refractivity (Wildman–Crippen MR) is 83.8 cm³/mol. The molecule has 6 nitrogen and oxygen atoms in total. The zero-order valence-electron chi connectivity index (χ0n) is 13.2. The molecule has 1 atom stereocenters. The van der Waals surface area contributed by atoms with E-state index in [1.54, 1.807) is 6.92 Å². The van der Waals surface area contributed by atoms with Crippen molar-refractivity contribution in [2.75, 3.05) is 18.0 Å². The molecule has 1 aliphatic heterocycles. The van der Waals surface area contributed by atoms with Gasteiger partial charge < -0.3 is 14.1 Å². The second kappa shape index (κ2) is 6.25. The Kier molecular flexibility index (Phi) is 4.44. The van der Waals surface area contributed by atoms with Gasteiger partial charge in [0.2, 0.25) is 5.28 Å². The van der Waals surface area contributed by atoms with E-state index in [1.165, 1.54) is 11.0 Å². The normalized spacial score (nSPS) is 20.5. The van der Waals surface area contributed by atoms with Gasteiger partial charge in [0.15, 0.2) is 22.9 Å². The molecule has 0 aliphatic carbocycles. The van der Waals surface area contributed by atoms with Crippen molar-refractivity contribution in [1.29, 1.82) is 0 Å². The first-order valence-corrected chi connectivity index (χ1v) is 7.97. The van der Waals surface area contributed by atoms with Gasteiger partial charge in [-0.05, 0) is 24.9 Å². The number of hydrogen-bond donors (Lipinski definition) is 0. The van der Waals surface area contributed by atoms with Crippen LogP contribution in [0.3, 0.4) is 0 Å². The highest BCUT2D eigenvalue weighted by Crippen LogP contribution is 2.33. The lowest BCUT2D eigenvalue weighted by molar-refractivity contribution is -0.263. The molecule has 9 heteroatoms. The van der Waals surface area contributed by atoms with Crippen LogP contribution in [-0.4, -0.2) is 41.1 Å². The maximum absolute atomic E-state index is 13.7. The molecule has 1 fully saturated rings. The predicted octanol–water partition coefficient (Wildman–Crippen LogP) is 3.68. The second-order valence-electron chi connectivity index (χ2n) is 5.76. The molecular weight excluding hydrogens is 344 g/mol. The zero-order valence-corrected chi connectivity index (χ0v) is 13.9. The molecule has 2 aromatic heterocycles. The largest absolute Gasteiger partial charge is 0.447 e. The third kappa shape index (κ3) is 3.34. The van der Waals surface area contributed by atoms with E-state index >= 15 is 0 Å². The summed E-state index contributed by atoms with van der Waals surface area (Å²) in [5.74, 6) is 0.0753. The molecule has 3 heterocycles. The van der Waals surface area contributed by atoms with E-state index in [0.717, 1.165) is 0 Å². The molecule has 130 valence electrons. The number of anilines is 1. The maximum Gasteiger partial charge on any atom is 0.373 e. The Morgan fingerprint density at radius 3 is 2.92 bits per heavy atom. The average Bonchev–Trinajstić information content (AvgIpc) is 2.88. The number of ketones is 1. The third-order valence-electron chi connectivity index (χ3n) is 3.60. The number of carbonyl (C=O) groups excluding carboxylic acids is 1. The van der Waals surface area contributed by atoms with Crippen molar-refractivity contribution in [3.8, 4) is 0 Å². The molecule has 0 amide bonds. The lowest BCUT2D eigenvalue weighted by Gasteiger charge is -2.36. The van der Waals surface area contributed by atoms with Crippen LogP contribution >= 0.6 is 11.6 Å². The Morgan fingerprint density at radius 2 is 2.25 bits per heavy atom. The number of halogens is 3. The summed E-state index contributed by atoms with van der Waals surface area (Å²) in [6.07, 6.45) is -3.02. The number of carbonyl (C=O) groups is 1. The van der Waals surface area contributed by atoms with Crippen LogP contribution in [0.5, 0.6) is 0 Å². The third-order valence-corrected chi connectivity index (χ3v) is 3.77. The summed E-state index contributed by atoms with van der Waals surface area (Å²) in [6, 6.07) is 1.46. The minimum Gasteiger partial charge on any atom is -0.447 e. The number of aromatic nitrogens is 2. The fraction of sp³-hybridized carbons (Fsp3) is 0.533. The zero-order chi connectivity index (χ0) is 17.5. The molecule has 0 N–H and O–H groups in total. The topological polar surface area (TPSA) is 68.5 Å². The van der Waals surface area contributed by atoms with E-state index in [9.17, 15) is 13.6 Å². The van der Waals surface area contributed by atoms with E-state index in [4.69, 9.17) is 16.0 Å². The quantitative estimate of drug-likeness (QED) is 0.612. The lowest BCUT2D eigenvalue weighted by atomic mass is 10.2. The summed E-state index contributed by atoms with van der Waals surface area (Å²) in [5, 5.41) is -0.102. The molecule has 0 radical (unpaired) electrons. The summed E-state index contributed by atoms with van der Waals surface area (Å²) in [5.41, 5.74) is 0.482. The number of fused-ring (bicyclic) bond motifs is 1. The van der Waals surface area contributed by atoms with Crippen LogP contribution in [0.15, 0.2) is 10.5 Å². The summed E-state index contributed by atoms with van der Waals surface area (Å²) >= 11 is 5.91. The van der Waals surface area contributed by atoms with Crippen LogP contribution in [0.1, 0.15) is 37.2 Å². The minimum atomic E-state index is -3.31. The minimum absolute atomic E-state index is 0.102. The number of rotatable bonds is 4. The maximum atomic E-state index is 13.7. The van der Waals surface area contributed by atoms with E-state index in [1.807, 2.05) is 6.92 Å². The Hall–Kier alpha value is -1.80. The van der Waals surface area contributed by atoms with E-state index in [0.29, 0.717) is 18.4 Å². The Balaban J connectivity index is 2.05. The van der Waals surface area contributed by atoms with Gasteiger partial charge in [-0.25, -0.2) is 4.98 Å². The monoisotopic (exact) mass is 359 g/mol. The van der Waals surface area contributed by atoms with Crippen molar-refractivity contribution in [2.45, 2.75) is 38.9 Å². The highest BCUT2D eigenvalue weighted by molar-refractivity contribution is 6.28. The van der Waals surface area contributed by atoms with Crippen molar-refractivity contribution in [3.05, 3.63) is 17.1 Å². The molecule has 24 heavy (non-hydrogen) atoms. The van der Waals surface area contributed by atoms with Crippen LogP contribution in [0.4, 0.5) is 14.6 Å². The van der Waals surface area contributed by atoms with Gasteiger partial charge in [0.25, 0.3) is 0 Å². The standard InChI is InChI=1S/C15H16ClF2N3O3/c1-3-4-10(22)11-5-9-12(23-11)13(20-14(16)19-9)21-6-8(2)24-15(17,18)7-21/h5,8H,3-4,6-7H2,1-2H3. The fourth-order valence-corrected chi connectivity index (χ4v) is 2.89. The van der Waals surface area contributed by atoms with Crippen LogP contribution in [0.2, 0.25) is 5.28 Å². The summed E-state index contributed by atoms with van der Waals surface area (Å²) in [7, 11) is 0. The van der Waals surface area contributed by atoms with E-state index < -0.39 is 18.8 Å². The van der Waals surface area contributed by atoms with E-state index in [2.05, 4.69) is 14.7 Å². The first-order valence-electron chi connectivity index (χ1n) is 7.60. The number of furan rings is 1. The van der Waals surface area contributed by atoms with Gasteiger partial charge in [-0.15, -0.1) is 0 Å². The molecule has 0 spiro atoms. The van der Waals surface area contributed by atoms with Gasteiger partial charge in [0.1, 0.15) is 12.1 Å². The first kappa shape index (κ1) is 17.0. The van der Waals surface area contributed by atoms with Crippen molar-refractivity contribution in [1.82, 2.24) is 9.97 Å². The van der Waals surface area contributed by atoms with Crippen molar-refractivity contribution >= 4 is 34.3 Å². The SMILES string of the molecule is CCCC(=O)c1cc2nc(Cl)nc(N3CC(C)OC(F)(F)C3)c2o1. The Morgan fingerprint density at radius 1 is 1.50 bits per heavy atom. The Bertz CT molecular complexity index is 781. The van der Waals surface area contributed by atoms with Crippen LogP contribution in [0.25, 0.3) is 11.1 Å². The molecule has 1 saturated heterocycles. The lowest BCUT2D eigenvalue weighted by Crippen LogP contribution is -2.50. The molecular formula is C15H16ClF2N3O3. The summed E-state index contributed by atoms with van der Waals surface area (Å²) in [6.45, 7) is 2.92. The van der Waals surface area contributed by atoms with Gasteiger partial charge in [0, 0.05) is 19.0 Å². The van der Waals surface area contributed by atoms with Gasteiger partial charge in [-0.3, -0.25) is 4.79 Å². The number of alkyl halides is 2. The van der Waals surface area contributed by atoms with Gasteiger partial charge in [0.05, 0.1) is 6.10 Å². The van der Waals surface area contributed by atoms with Crippen LogP contribution in [0, 0.1) is 0 Å². The number of Topliss-reactive ketones (excluding diaryl/α,β-unsaturated/α-hetero) is 1. The number of hydrogen-bond acceptors (Lipinski definition) is 6. The highest BCUT2D eigenvalue weighted by atomic mass is 35.5. The van der Waals surface area contributed by atoms with Crippen molar-refractivity contribution in [2.24, 2.45) is 0 Å². The van der Waals surface area contributed by atoms with Gasteiger partial charge in [-0.2, -0.15) is 13.8 Å². The molecule has 0 bridgehead atoms. The van der Waals surface area contributed by atoms with Crippen LogP contribution in [-0.2, 0) is 4.74 Å². The molecule has 3 rings (SSSR count). The number of nitrogens with zero attached hydrogens (tertiary/aromatic N) is 3. The van der Waals surface area contributed by atoms with Gasteiger partial charge >= 0.3 is 6.11 Å². The smallest absolute Gasteiger partial charge is 0.373 e. The summed E-state index contributed by atoms with van der Waals surface area (Å²) < 4.78 is 37.6. The summed E-state index contributed by atoms with van der Waals surface area (Å²) in [4.78, 5) is 21.4. The fourth-order valence-electron chi connectivity index (χ4n) is 2.72. The molecule has 1 unspecified atom stereocenters. The highest BCUT2D eigenvalue weighted by Gasteiger charge is 2.41. The Labute approximate surface area is 141 Å². The van der Waals surface area contributed by atoms with Gasteiger partial charge in [-0.1, -0.05) is 6.92 Å². The molecule has 1 aliphatic rings. The number of ether oxygens (including phenoxy) is 1. The molecule has 2 aromatic rings. The molecule has 0 saturated carbocycles. The van der Waals surface area contributed by atoms with Crippen molar-refractivity contribution in [3.63, 3.8) is 0 Å². The van der Waals surface area contributed by atoms with Crippen LogP contribution < -0.4 is 4.90 Å².